The van der Waals surface area contributed by atoms with Crippen molar-refractivity contribution in [3.63, 3.8) is 0 Å². The highest BCUT2D eigenvalue weighted by molar-refractivity contribution is 5.29. The van der Waals surface area contributed by atoms with E-state index in [1.54, 1.807) is 12.1 Å². The molecule has 0 bridgehead atoms. The van der Waals surface area contributed by atoms with Crippen molar-refractivity contribution in [1.29, 1.82) is 0 Å². The maximum absolute atomic E-state index is 14.4. The molecule has 0 aromatic heterocycles. The molecule has 3 saturated carbocycles. The first-order valence-corrected chi connectivity index (χ1v) is 14.6. The van der Waals surface area contributed by atoms with Crippen molar-refractivity contribution in [2.75, 3.05) is 0 Å². The molecule has 0 N–H and O–H groups in total. The van der Waals surface area contributed by atoms with E-state index in [1.807, 2.05) is 6.92 Å². The third kappa shape index (κ3) is 6.40. The number of benzene rings is 1. The van der Waals surface area contributed by atoms with Crippen molar-refractivity contribution >= 4 is 0 Å². The predicted molar refractivity (Wildman–Crippen MR) is 135 cm³/mol. The summed E-state index contributed by atoms with van der Waals surface area (Å²) in [5.41, 5.74) is 1.16. The van der Waals surface area contributed by atoms with Crippen molar-refractivity contribution < 1.29 is 8.78 Å². The molecular weight excluding hydrogens is 410 g/mol. The van der Waals surface area contributed by atoms with Crippen LogP contribution in [0.25, 0.3) is 0 Å². The fraction of sp³-hybridized carbons (Fsp3) is 0.806. The predicted octanol–water partition coefficient (Wildman–Crippen LogP) is 9.99. The van der Waals surface area contributed by atoms with Gasteiger partial charge in [0.15, 0.2) is 0 Å². The second kappa shape index (κ2) is 12.2. The van der Waals surface area contributed by atoms with E-state index in [1.165, 1.54) is 89.9 Å². The number of hydrogen-bond acceptors (Lipinski definition) is 0. The number of halogens is 2. The molecule has 0 radical (unpaired) electrons. The molecule has 3 aliphatic rings. The Balaban J connectivity index is 1.22. The summed E-state index contributed by atoms with van der Waals surface area (Å²) < 4.78 is 28.7. The van der Waals surface area contributed by atoms with E-state index in [0.29, 0.717) is 12.3 Å². The lowest BCUT2D eigenvalue weighted by atomic mass is 9.60. The van der Waals surface area contributed by atoms with Gasteiger partial charge in [-0.15, -0.1) is 0 Å². The molecule has 4 unspecified atom stereocenters. The molecule has 33 heavy (non-hydrogen) atoms. The Labute approximate surface area is 202 Å². The molecule has 0 spiro atoms. The molecule has 0 heterocycles. The van der Waals surface area contributed by atoms with Crippen LogP contribution in [0.1, 0.15) is 134 Å². The second-order valence-corrected chi connectivity index (χ2v) is 11.9. The summed E-state index contributed by atoms with van der Waals surface area (Å²) >= 11 is 0. The second-order valence-electron chi connectivity index (χ2n) is 11.9. The standard InChI is InChI=1S/C31H48F2/c1-3-5-6-7-8-9-22-10-12-23(13-11-22)24-14-15-26-19-27(17-16-25(26)18-24)28-20-30(32)29(4-2)31(33)21-28/h20-27H,3-19H2,1-2H3. The van der Waals surface area contributed by atoms with Crippen molar-refractivity contribution in [3.05, 3.63) is 34.9 Å². The van der Waals surface area contributed by atoms with E-state index in [9.17, 15) is 8.78 Å². The minimum absolute atomic E-state index is 0.249. The maximum atomic E-state index is 14.4. The van der Waals surface area contributed by atoms with Crippen molar-refractivity contribution in [2.24, 2.45) is 29.6 Å². The van der Waals surface area contributed by atoms with Crippen LogP contribution in [-0.2, 0) is 6.42 Å². The average Bonchev–Trinajstić information content (AvgIpc) is 2.83. The number of unbranched alkanes of at least 4 members (excludes halogenated alkanes) is 4. The molecule has 3 fully saturated rings. The largest absolute Gasteiger partial charge is 0.207 e. The molecule has 0 aliphatic heterocycles. The molecule has 3 aliphatic carbocycles. The topological polar surface area (TPSA) is 0 Å². The Morgan fingerprint density at radius 1 is 0.667 bits per heavy atom. The van der Waals surface area contributed by atoms with Crippen LogP contribution in [0, 0.1) is 41.2 Å². The molecule has 4 rings (SSSR count). The van der Waals surface area contributed by atoms with Gasteiger partial charge in [0.25, 0.3) is 0 Å². The summed E-state index contributed by atoms with van der Waals surface area (Å²) in [4.78, 5) is 0. The zero-order valence-electron chi connectivity index (χ0n) is 21.4. The summed E-state index contributed by atoms with van der Waals surface area (Å²) in [5, 5.41) is 0. The zero-order valence-corrected chi connectivity index (χ0v) is 21.4. The summed E-state index contributed by atoms with van der Waals surface area (Å²) in [5.74, 6) is 4.25. The van der Waals surface area contributed by atoms with Crippen molar-refractivity contribution in [3.8, 4) is 0 Å². The lowest BCUT2D eigenvalue weighted by Gasteiger charge is -2.45. The van der Waals surface area contributed by atoms with Gasteiger partial charge < -0.3 is 0 Å². The van der Waals surface area contributed by atoms with Gasteiger partial charge in [-0.3, -0.25) is 0 Å². The van der Waals surface area contributed by atoms with Crippen LogP contribution >= 0.6 is 0 Å². The van der Waals surface area contributed by atoms with Crippen LogP contribution in [0.15, 0.2) is 12.1 Å². The maximum Gasteiger partial charge on any atom is 0.129 e. The summed E-state index contributed by atoms with van der Waals surface area (Å²) in [6, 6.07) is 3.28. The quantitative estimate of drug-likeness (QED) is 0.323. The Hall–Kier alpha value is -0.920. The van der Waals surface area contributed by atoms with E-state index >= 15 is 0 Å². The fourth-order valence-corrected chi connectivity index (χ4v) is 7.84. The first kappa shape index (κ1) is 25.2. The molecule has 1 aromatic carbocycles. The van der Waals surface area contributed by atoms with Gasteiger partial charge in [-0.2, -0.15) is 0 Å². The van der Waals surface area contributed by atoms with E-state index in [4.69, 9.17) is 0 Å². The first-order valence-electron chi connectivity index (χ1n) is 14.6. The Morgan fingerprint density at radius 2 is 1.24 bits per heavy atom. The van der Waals surface area contributed by atoms with Gasteiger partial charge in [0, 0.05) is 5.56 Å². The molecule has 0 nitrogen and oxygen atoms in total. The van der Waals surface area contributed by atoms with Crippen LogP contribution in [0.5, 0.6) is 0 Å². The van der Waals surface area contributed by atoms with E-state index in [-0.39, 0.29) is 17.2 Å². The summed E-state index contributed by atoms with van der Waals surface area (Å²) in [6.45, 7) is 4.12. The van der Waals surface area contributed by atoms with E-state index < -0.39 is 0 Å². The Kier molecular flexibility index (Phi) is 9.28. The minimum Gasteiger partial charge on any atom is -0.207 e. The normalized spacial score (nSPS) is 32.5. The summed E-state index contributed by atoms with van der Waals surface area (Å²) in [7, 11) is 0. The molecule has 0 amide bonds. The van der Waals surface area contributed by atoms with Crippen molar-refractivity contribution in [2.45, 2.75) is 129 Å². The number of rotatable bonds is 9. The van der Waals surface area contributed by atoms with Crippen molar-refractivity contribution in [1.82, 2.24) is 0 Å². The molecule has 4 atom stereocenters. The minimum atomic E-state index is -0.338. The first-order chi connectivity index (χ1) is 16.1. The highest BCUT2D eigenvalue weighted by Crippen LogP contribution is 2.51. The van der Waals surface area contributed by atoms with Gasteiger partial charge in [0.2, 0.25) is 0 Å². The van der Waals surface area contributed by atoms with Gasteiger partial charge in [0.05, 0.1) is 0 Å². The van der Waals surface area contributed by atoms with Crippen LogP contribution < -0.4 is 0 Å². The molecule has 186 valence electrons. The Morgan fingerprint density at radius 3 is 1.91 bits per heavy atom. The van der Waals surface area contributed by atoms with Crippen LogP contribution in [0.3, 0.4) is 0 Å². The van der Waals surface area contributed by atoms with Gasteiger partial charge in [-0.05, 0) is 111 Å². The van der Waals surface area contributed by atoms with Crippen LogP contribution in [0.4, 0.5) is 8.78 Å². The third-order valence-electron chi connectivity index (χ3n) is 9.92. The van der Waals surface area contributed by atoms with E-state index in [2.05, 4.69) is 6.92 Å². The molecular formula is C31H48F2. The zero-order chi connectivity index (χ0) is 23.2. The average molecular weight is 459 g/mol. The third-order valence-corrected chi connectivity index (χ3v) is 9.92. The number of hydrogen-bond donors (Lipinski definition) is 0. The molecule has 0 saturated heterocycles. The van der Waals surface area contributed by atoms with Gasteiger partial charge in [-0.25, -0.2) is 8.78 Å². The molecule has 2 heteroatoms. The molecule has 1 aromatic rings. The SMILES string of the molecule is CCCCCCCC1CCC(C2CCC3CC(c4cc(F)c(CC)c(F)c4)CCC3C2)CC1. The number of fused-ring (bicyclic) bond motifs is 1. The van der Waals surface area contributed by atoms with Crippen LogP contribution in [0.2, 0.25) is 0 Å². The lowest BCUT2D eigenvalue weighted by molar-refractivity contribution is 0.0709. The monoisotopic (exact) mass is 458 g/mol. The lowest BCUT2D eigenvalue weighted by Crippen LogP contribution is -2.34. The Bertz CT molecular complexity index is 709. The highest BCUT2D eigenvalue weighted by Gasteiger charge is 2.39. The van der Waals surface area contributed by atoms with Crippen LogP contribution in [-0.4, -0.2) is 0 Å². The summed E-state index contributed by atoms with van der Waals surface area (Å²) in [6.07, 6.45) is 22.6. The van der Waals surface area contributed by atoms with Gasteiger partial charge in [-0.1, -0.05) is 65.2 Å². The van der Waals surface area contributed by atoms with E-state index in [0.717, 1.165) is 48.0 Å². The van der Waals surface area contributed by atoms with Gasteiger partial charge >= 0.3 is 0 Å². The van der Waals surface area contributed by atoms with Gasteiger partial charge in [0.1, 0.15) is 11.6 Å². The fourth-order valence-electron chi connectivity index (χ4n) is 7.84. The smallest absolute Gasteiger partial charge is 0.129 e. The highest BCUT2D eigenvalue weighted by atomic mass is 19.1.